The summed E-state index contributed by atoms with van der Waals surface area (Å²) in [5.41, 5.74) is -0.389. The van der Waals surface area contributed by atoms with Crippen molar-refractivity contribution in [3.63, 3.8) is 0 Å². The topological polar surface area (TPSA) is 58.6 Å². The maximum atomic E-state index is 13.8. The smallest absolute Gasteiger partial charge is 0.243 e. The summed E-state index contributed by atoms with van der Waals surface area (Å²) in [7, 11) is -3.92. The number of nitrogens with one attached hydrogen (secondary N) is 1. The first-order valence-electron chi connectivity index (χ1n) is 7.00. The average Bonchev–Trinajstić information content (AvgIpc) is 2.46. The van der Waals surface area contributed by atoms with E-state index in [0.717, 1.165) is 19.2 Å². The molecule has 1 aliphatic heterocycles. The van der Waals surface area contributed by atoms with Crippen LogP contribution in [0.1, 0.15) is 13.8 Å². The van der Waals surface area contributed by atoms with Crippen molar-refractivity contribution >= 4 is 34.0 Å². The van der Waals surface area contributed by atoms with Crippen LogP contribution in [0.3, 0.4) is 0 Å². The lowest BCUT2D eigenvalue weighted by Gasteiger charge is -2.40. The van der Waals surface area contributed by atoms with Crippen molar-refractivity contribution < 1.29 is 17.5 Å². The molecule has 0 spiro atoms. The molecular formula is C14H21Cl2FN2O3S. The lowest BCUT2D eigenvalue weighted by Crippen LogP contribution is -2.55. The summed E-state index contributed by atoms with van der Waals surface area (Å²) >= 11 is 5.64. The van der Waals surface area contributed by atoms with E-state index in [1.165, 1.54) is 12.1 Å². The number of hydrogen-bond acceptors (Lipinski definition) is 4. The van der Waals surface area contributed by atoms with E-state index in [9.17, 15) is 12.8 Å². The zero-order chi connectivity index (χ0) is 16.4. The van der Waals surface area contributed by atoms with Crippen LogP contribution >= 0.6 is 24.0 Å². The fourth-order valence-electron chi connectivity index (χ4n) is 2.32. The van der Waals surface area contributed by atoms with Gasteiger partial charge in [0.1, 0.15) is 10.7 Å². The summed E-state index contributed by atoms with van der Waals surface area (Å²) in [5, 5.41) is 0.157. The molecule has 0 bridgehead atoms. The number of hydrogen-bond donors (Lipinski definition) is 1. The Balaban J connectivity index is 0.00000264. The fraction of sp³-hybridized carbons (Fsp3) is 0.571. The first-order chi connectivity index (χ1) is 10.2. The van der Waals surface area contributed by atoms with Crippen LogP contribution in [0.2, 0.25) is 5.02 Å². The molecule has 2 rings (SSSR count). The fourth-order valence-corrected chi connectivity index (χ4v) is 3.74. The van der Waals surface area contributed by atoms with Crippen LogP contribution in [0.4, 0.5) is 4.39 Å². The highest BCUT2D eigenvalue weighted by molar-refractivity contribution is 7.89. The summed E-state index contributed by atoms with van der Waals surface area (Å²) in [5.74, 6) is -0.857. The molecule has 5 nitrogen and oxygen atoms in total. The maximum absolute atomic E-state index is 13.8. The van der Waals surface area contributed by atoms with Crippen molar-refractivity contribution in [1.82, 2.24) is 9.62 Å². The number of rotatable bonds is 5. The number of benzene rings is 1. The van der Waals surface area contributed by atoms with E-state index in [4.69, 9.17) is 16.3 Å². The van der Waals surface area contributed by atoms with E-state index < -0.39 is 20.7 Å². The molecule has 132 valence electrons. The summed E-state index contributed by atoms with van der Waals surface area (Å²) in [6.45, 7) is 6.80. The molecule has 1 aliphatic rings. The Morgan fingerprint density at radius 2 is 1.96 bits per heavy atom. The normalized spacial score (nSPS) is 16.9. The second-order valence-corrected chi connectivity index (χ2v) is 7.98. The van der Waals surface area contributed by atoms with Crippen LogP contribution in [0.15, 0.2) is 23.1 Å². The highest BCUT2D eigenvalue weighted by Gasteiger charge is 2.30. The molecule has 23 heavy (non-hydrogen) atoms. The van der Waals surface area contributed by atoms with Gasteiger partial charge in [-0.1, -0.05) is 11.6 Å². The van der Waals surface area contributed by atoms with Gasteiger partial charge in [-0.25, -0.2) is 17.5 Å². The van der Waals surface area contributed by atoms with Gasteiger partial charge in [0.2, 0.25) is 10.0 Å². The van der Waals surface area contributed by atoms with E-state index in [-0.39, 0.29) is 29.5 Å². The molecular weight excluding hydrogens is 366 g/mol. The molecule has 0 atom stereocenters. The lowest BCUT2D eigenvalue weighted by atomic mass is 10.0. The van der Waals surface area contributed by atoms with Gasteiger partial charge in [0.15, 0.2) is 0 Å². The van der Waals surface area contributed by atoms with Crippen molar-refractivity contribution in [1.29, 1.82) is 0 Å². The van der Waals surface area contributed by atoms with Crippen LogP contribution in [0.5, 0.6) is 0 Å². The molecule has 9 heteroatoms. The minimum absolute atomic E-state index is 0. The zero-order valence-electron chi connectivity index (χ0n) is 13.0. The molecule has 1 aromatic carbocycles. The summed E-state index contributed by atoms with van der Waals surface area (Å²) < 4.78 is 46.1. The third kappa shape index (κ3) is 5.27. The third-order valence-corrected chi connectivity index (χ3v) is 5.41. The van der Waals surface area contributed by atoms with Crippen LogP contribution in [-0.4, -0.2) is 51.7 Å². The molecule has 0 unspecified atom stereocenters. The molecule has 1 heterocycles. The molecule has 1 N–H and O–H groups in total. The SMILES string of the molecule is CC(C)(CNS(=O)(=O)c1ccc(Cl)cc1F)N1CCOCC1.Cl. The molecule has 1 aromatic rings. The van der Waals surface area contributed by atoms with E-state index in [1.54, 1.807) is 0 Å². The van der Waals surface area contributed by atoms with E-state index >= 15 is 0 Å². The number of morpholine rings is 1. The number of ether oxygens (including phenoxy) is 1. The minimum atomic E-state index is -3.92. The standard InChI is InChI=1S/C14H20ClFN2O3S.ClH/c1-14(2,18-5-7-21-8-6-18)10-17-22(19,20)13-4-3-11(15)9-12(13)16;/h3-4,9,17H,5-8,10H2,1-2H3;1H. The summed E-state index contributed by atoms with van der Waals surface area (Å²) in [6, 6.07) is 3.51. The Hall–Kier alpha value is -0.440. The van der Waals surface area contributed by atoms with E-state index in [0.29, 0.717) is 13.2 Å². The van der Waals surface area contributed by atoms with Crippen molar-refractivity contribution in [2.24, 2.45) is 0 Å². The summed E-state index contributed by atoms with van der Waals surface area (Å²) in [4.78, 5) is 1.76. The Labute approximate surface area is 147 Å². The van der Waals surface area contributed by atoms with Gasteiger partial charge in [0, 0.05) is 30.2 Å². The number of nitrogens with zero attached hydrogens (tertiary/aromatic N) is 1. The lowest BCUT2D eigenvalue weighted by molar-refractivity contribution is -0.00803. The Morgan fingerprint density at radius 3 is 2.52 bits per heavy atom. The van der Waals surface area contributed by atoms with Gasteiger partial charge in [-0.15, -0.1) is 12.4 Å². The van der Waals surface area contributed by atoms with Gasteiger partial charge in [-0.3, -0.25) is 4.90 Å². The second kappa shape index (κ2) is 8.09. The highest BCUT2D eigenvalue weighted by Crippen LogP contribution is 2.20. The van der Waals surface area contributed by atoms with Crippen molar-refractivity contribution in [3.8, 4) is 0 Å². The van der Waals surface area contributed by atoms with Gasteiger partial charge < -0.3 is 4.74 Å². The van der Waals surface area contributed by atoms with Crippen molar-refractivity contribution in [2.75, 3.05) is 32.8 Å². The number of sulfonamides is 1. The predicted octanol–water partition coefficient (Wildman–Crippen LogP) is 2.29. The van der Waals surface area contributed by atoms with Crippen LogP contribution in [0.25, 0.3) is 0 Å². The highest BCUT2D eigenvalue weighted by atomic mass is 35.5. The molecule has 1 fully saturated rings. The average molecular weight is 387 g/mol. The predicted molar refractivity (Wildman–Crippen MR) is 90.3 cm³/mol. The Morgan fingerprint density at radius 1 is 1.35 bits per heavy atom. The first-order valence-corrected chi connectivity index (χ1v) is 8.86. The molecule has 0 aromatic heterocycles. The minimum Gasteiger partial charge on any atom is -0.379 e. The van der Waals surface area contributed by atoms with Crippen LogP contribution < -0.4 is 4.72 Å². The quantitative estimate of drug-likeness (QED) is 0.843. The van der Waals surface area contributed by atoms with Crippen molar-refractivity contribution in [3.05, 3.63) is 29.0 Å². The molecule has 1 saturated heterocycles. The zero-order valence-corrected chi connectivity index (χ0v) is 15.4. The van der Waals surface area contributed by atoms with Gasteiger partial charge in [-0.05, 0) is 32.0 Å². The monoisotopic (exact) mass is 386 g/mol. The van der Waals surface area contributed by atoms with E-state index in [2.05, 4.69) is 9.62 Å². The maximum Gasteiger partial charge on any atom is 0.243 e. The van der Waals surface area contributed by atoms with Gasteiger partial charge >= 0.3 is 0 Å². The van der Waals surface area contributed by atoms with Gasteiger partial charge in [0.25, 0.3) is 0 Å². The molecule has 0 amide bonds. The Bertz CT molecular complexity index is 635. The second-order valence-electron chi connectivity index (χ2n) is 5.81. The Kier molecular flexibility index (Phi) is 7.25. The largest absolute Gasteiger partial charge is 0.379 e. The summed E-state index contributed by atoms with van der Waals surface area (Å²) in [6.07, 6.45) is 0. The first kappa shape index (κ1) is 20.6. The molecule has 0 saturated carbocycles. The van der Waals surface area contributed by atoms with Crippen molar-refractivity contribution in [2.45, 2.75) is 24.3 Å². The van der Waals surface area contributed by atoms with Crippen LogP contribution in [-0.2, 0) is 14.8 Å². The van der Waals surface area contributed by atoms with Crippen LogP contribution in [0, 0.1) is 5.82 Å². The van der Waals surface area contributed by atoms with Gasteiger partial charge in [-0.2, -0.15) is 0 Å². The van der Waals surface area contributed by atoms with Gasteiger partial charge in [0.05, 0.1) is 13.2 Å². The number of halogens is 3. The van der Waals surface area contributed by atoms with E-state index in [1.807, 2.05) is 13.8 Å². The third-order valence-electron chi connectivity index (χ3n) is 3.75. The molecule has 0 aliphatic carbocycles. The molecule has 0 radical (unpaired) electrons.